The zero-order valence-corrected chi connectivity index (χ0v) is 18.3. The molecule has 6 N–H and O–H groups in total. The number of carboxylic acid groups (broad SMARTS) is 1. The second-order valence-electron chi connectivity index (χ2n) is 7.37. The third kappa shape index (κ3) is 4.67. The minimum Gasteiger partial charge on any atom is -0.486 e. The normalized spacial score (nSPS) is 22.2. The maximum absolute atomic E-state index is 12.4. The van der Waals surface area contributed by atoms with Crippen LogP contribution in [0.25, 0.3) is 11.2 Å². The number of anilines is 1. The SMILES string of the molecule is Nc1ncnc2c1nc(SCC(=O)COc1ccc(C(=O)O)cc1)n2[C@@H]1O[C@H](CO)[C@@H](O)[C@H]1O. The van der Waals surface area contributed by atoms with Gasteiger partial charge in [-0.3, -0.25) is 9.36 Å². The van der Waals surface area contributed by atoms with E-state index < -0.39 is 37.1 Å². The molecule has 0 spiro atoms. The Morgan fingerprint density at radius 2 is 1.91 bits per heavy atom. The number of thioether (sulfide) groups is 1. The largest absolute Gasteiger partial charge is 0.486 e. The van der Waals surface area contributed by atoms with E-state index in [1.54, 1.807) is 0 Å². The predicted molar refractivity (Wildman–Crippen MR) is 117 cm³/mol. The molecular formula is C20H21N5O8S. The smallest absolute Gasteiger partial charge is 0.335 e. The molecule has 1 aliphatic heterocycles. The molecule has 0 bridgehead atoms. The number of benzene rings is 1. The number of aromatic nitrogens is 4. The number of aromatic carboxylic acids is 1. The summed E-state index contributed by atoms with van der Waals surface area (Å²) in [7, 11) is 0. The van der Waals surface area contributed by atoms with E-state index in [9.17, 15) is 24.9 Å². The number of nitrogens with two attached hydrogens (primary N) is 1. The van der Waals surface area contributed by atoms with E-state index >= 15 is 0 Å². The summed E-state index contributed by atoms with van der Waals surface area (Å²) in [6.45, 7) is -0.778. The molecule has 0 amide bonds. The zero-order chi connectivity index (χ0) is 24.4. The molecule has 1 aromatic carbocycles. The molecule has 1 fully saturated rings. The van der Waals surface area contributed by atoms with Gasteiger partial charge in [0.2, 0.25) is 0 Å². The molecule has 2 aromatic heterocycles. The van der Waals surface area contributed by atoms with Gasteiger partial charge >= 0.3 is 5.97 Å². The van der Waals surface area contributed by atoms with Gasteiger partial charge in [0.25, 0.3) is 0 Å². The predicted octanol–water partition coefficient (Wildman–Crippen LogP) is -0.542. The van der Waals surface area contributed by atoms with Crippen molar-refractivity contribution in [1.29, 1.82) is 0 Å². The number of Topliss-reactive ketones (excluding diaryl/α,β-unsaturated/α-hetero) is 1. The highest BCUT2D eigenvalue weighted by molar-refractivity contribution is 7.99. The van der Waals surface area contributed by atoms with E-state index in [4.69, 9.17) is 20.3 Å². The van der Waals surface area contributed by atoms with E-state index in [1.165, 1.54) is 35.2 Å². The quantitative estimate of drug-likeness (QED) is 0.239. The summed E-state index contributed by atoms with van der Waals surface area (Å²) in [6, 6.07) is 5.64. The van der Waals surface area contributed by atoms with E-state index in [0.717, 1.165) is 11.8 Å². The Bertz CT molecular complexity index is 1200. The highest BCUT2D eigenvalue weighted by Gasteiger charge is 2.45. The lowest BCUT2D eigenvalue weighted by atomic mass is 10.1. The van der Waals surface area contributed by atoms with E-state index in [2.05, 4.69) is 15.0 Å². The summed E-state index contributed by atoms with van der Waals surface area (Å²) in [5.41, 5.74) is 6.45. The van der Waals surface area contributed by atoms with Crippen molar-refractivity contribution in [3.8, 4) is 5.75 Å². The first-order chi connectivity index (χ1) is 16.3. The zero-order valence-electron chi connectivity index (χ0n) is 17.5. The van der Waals surface area contributed by atoms with Crippen LogP contribution >= 0.6 is 11.8 Å². The number of nitrogen functional groups attached to an aromatic ring is 1. The van der Waals surface area contributed by atoms with Crippen LogP contribution in [0, 0.1) is 0 Å². The van der Waals surface area contributed by atoms with Gasteiger partial charge in [0.05, 0.1) is 17.9 Å². The number of ether oxygens (including phenoxy) is 2. The van der Waals surface area contributed by atoms with Crippen LogP contribution in [0.1, 0.15) is 16.6 Å². The first-order valence-corrected chi connectivity index (χ1v) is 11.0. The molecule has 14 heteroatoms. The van der Waals surface area contributed by atoms with Crippen LogP contribution in [0.2, 0.25) is 0 Å². The lowest BCUT2D eigenvalue weighted by molar-refractivity contribution is -0.118. The lowest BCUT2D eigenvalue weighted by Gasteiger charge is -2.19. The van der Waals surface area contributed by atoms with Gasteiger partial charge in [0.15, 0.2) is 34.1 Å². The second-order valence-corrected chi connectivity index (χ2v) is 8.31. The Morgan fingerprint density at radius 1 is 1.18 bits per heavy atom. The van der Waals surface area contributed by atoms with Gasteiger partial charge in [0.1, 0.15) is 37.0 Å². The molecule has 0 unspecified atom stereocenters. The minimum atomic E-state index is -1.39. The van der Waals surface area contributed by atoms with Crippen molar-refractivity contribution in [3.05, 3.63) is 36.2 Å². The molecule has 4 atom stereocenters. The Hall–Kier alpha value is -3.30. The average molecular weight is 491 g/mol. The van der Waals surface area contributed by atoms with Crippen LogP contribution in [0.15, 0.2) is 35.7 Å². The molecule has 3 heterocycles. The number of carbonyl (C=O) groups excluding carboxylic acids is 1. The van der Waals surface area contributed by atoms with Crippen LogP contribution in [0.5, 0.6) is 5.75 Å². The number of ketones is 1. The van der Waals surface area contributed by atoms with Crippen molar-refractivity contribution < 1.29 is 39.5 Å². The van der Waals surface area contributed by atoms with Crippen molar-refractivity contribution in [2.45, 2.75) is 29.7 Å². The van der Waals surface area contributed by atoms with Crippen molar-refractivity contribution >= 4 is 40.5 Å². The number of aliphatic hydroxyl groups excluding tert-OH is 3. The number of hydrogen-bond acceptors (Lipinski definition) is 12. The molecule has 1 saturated heterocycles. The molecule has 180 valence electrons. The lowest BCUT2D eigenvalue weighted by Crippen LogP contribution is -2.33. The highest BCUT2D eigenvalue weighted by Crippen LogP contribution is 2.36. The van der Waals surface area contributed by atoms with Gasteiger partial charge < -0.3 is 35.6 Å². The number of carbonyl (C=O) groups is 2. The second kappa shape index (κ2) is 9.90. The highest BCUT2D eigenvalue weighted by atomic mass is 32.2. The van der Waals surface area contributed by atoms with Crippen LogP contribution in [0.4, 0.5) is 5.82 Å². The fourth-order valence-electron chi connectivity index (χ4n) is 3.38. The number of imidazole rings is 1. The molecular weight excluding hydrogens is 470 g/mol. The van der Waals surface area contributed by atoms with Crippen molar-refractivity contribution in [1.82, 2.24) is 19.5 Å². The minimum absolute atomic E-state index is 0.0708. The number of fused-ring (bicyclic) bond motifs is 1. The number of rotatable bonds is 9. The third-order valence-corrected chi connectivity index (χ3v) is 6.12. The summed E-state index contributed by atoms with van der Waals surface area (Å²) < 4.78 is 12.4. The summed E-state index contributed by atoms with van der Waals surface area (Å²) >= 11 is 1.02. The van der Waals surface area contributed by atoms with Crippen LogP contribution < -0.4 is 10.5 Å². The van der Waals surface area contributed by atoms with Crippen molar-refractivity contribution in [2.75, 3.05) is 24.7 Å². The third-order valence-electron chi connectivity index (χ3n) is 5.11. The Labute approximate surface area is 196 Å². The summed E-state index contributed by atoms with van der Waals surface area (Å²) in [5.74, 6) is -1.02. The summed E-state index contributed by atoms with van der Waals surface area (Å²) in [5, 5.41) is 39.2. The first-order valence-electron chi connectivity index (χ1n) is 10.0. The standard InChI is InChI=1S/C20H21N5O8S/c21-16-13-17(23-8-22-16)25(18-15(29)14(28)12(5-26)33-18)20(24-13)34-7-10(27)6-32-11-3-1-9(2-4-11)19(30)31/h1-4,8,12,14-15,18,26,28-29H,5-7H2,(H,30,31)(H2,21,22,23)/t12-,14-,15-,18-/m1/s1. The summed E-state index contributed by atoms with van der Waals surface area (Å²) in [6.07, 6.45) is -3.67. The van der Waals surface area contributed by atoms with Crippen LogP contribution in [-0.4, -0.2) is 89.0 Å². The fourth-order valence-corrected chi connectivity index (χ4v) is 4.23. The summed E-state index contributed by atoms with van der Waals surface area (Å²) in [4.78, 5) is 35.7. The molecule has 0 saturated carbocycles. The Kier molecular flexibility index (Phi) is 6.95. The maximum Gasteiger partial charge on any atom is 0.335 e. The van der Waals surface area contributed by atoms with E-state index in [1.807, 2.05) is 0 Å². The molecule has 1 aliphatic rings. The molecule has 0 radical (unpaired) electrons. The van der Waals surface area contributed by atoms with Gasteiger partial charge in [-0.25, -0.2) is 19.7 Å². The van der Waals surface area contributed by atoms with Crippen LogP contribution in [0.3, 0.4) is 0 Å². The molecule has 0 aliphatic carbocycles. The number of carboxylic acids is 1. The molecule has 34 heavy (non-hydrogen) atoms. The van der Waals surface area contributed by atoms with Crippen molar-refractivity contribution in [3.63, 3.8) is 0 Å². The monoisotopic (exact) mass is 491 g/mol. The first kappa shape index (κ1) is 23.8. The van der Waals surface area contributed by atoms with E-state index in [-0.39, 0.29) is 45.8 Å². The Balaban J connectivity index is 1.49. The van der Waals surface area contributed by atoms with Gasteiger partial charge in [-0.15, -0.1) is 0 Å². The van der Waals surface area contributed by atoms with Gasteiger partial charge in [-0.1, -0.05) is 11.8 Å². The topological polar surface area (TPSA) is 203 Å². The van der Waals surface area contributed by atoms with Gasteiger partial charge in [-0.05, 0) is 24.3 Å². The number of nitrogens with zero attached hydrogens (tertiary/aromatic N) is 4. The van der Waals surface area contributed by atoms with Crippen LogP contribution in [-0.2, 0) is 9.53 Å². The molecule has 3 aromatic rings. The number of aliphatic hydroxyl groups is 3. The van der Waals surface area contributed by atoms with Gasteiger partial charge in [0, 0.05) is 0 Å². The maximum atomic E-state index is 12.4. The van der Waals surface area contributed by atoms with E-state index in [0.29, 0.717) is 5.75 Å². The van der Waals surface area contributed by atoms with Gasteiger partial charge in [-0.2, -0.15) is 0 Å². The Morgan fingerprint density at radius 3 is 2.56 bits per heavy atom. The average Bonchev–Trinajstić information content (AvgIpc) is 3.34. The molecule has 4 rings (SSSR count). The number of hydrogen-bond donors (Lipinski definition) is 5. The molecule has 13 nitrogen and oxygen atoms in total. The van der Waals surface area contributed by atoms with Crippen molar-refractivity contribution in [2.24, 2.45) is 0 Å². The fraction of sp³-hybridized carbons (Fsp3) is 0.350.